The maximum Gasteiger partial charge on any atom is 0.291 e. The summed E-state index contributed by atoms with van der Waals surface area (Å²) >= 11 is 12.0. The predicted molar refractivity (Wildman–Crippen MR) is 105 cm³/mol. The normalized spacial score (nSPS) is 10.7. The predicted octanol–water partition coefficient (Wildman–Crippen LogP) is 5.31. The van der Waals surface area contributed by atoms with Crippen LogP contribution in [0.4, 0.5) is 5.69 Å². The topological polar surface area (TPSA) is 79.9 Å². The molecule has 0 fully saturated rings. The van der Waals surface area contributed by atoms with Crippen molar-refractivity contribution in [3.8, 4) is 11.5 Å². The highest BCUT2D eigenvalue weighted by molar-refractivity contribution is 6.42. The minimum Gasteiger partial charge on any atom is -0.456 e. The Hall–Kier alpha value is -3.09. The number of pyridine rings is 1. The monoisotopic (exact) mass is 398 g/mol. The second-order valence-corrected chi connectivity index (χ2v) is 6.45. The van der Waals surface area contributed by atoms with Gasteiger partial charge in [0.15, 0.2) is 5.82 Å². The number of nitrogens with zero attached hydrogens (tertiary/aromatic N) is 2. The smallest absolute Gasteiger partial charge is 0.291 e. The summed E-state index contributed by atoms with van der Waals surface area (Å²) < 4.78 is 5.67. The number of ether oxygens (including phenoxy) is 1. The average molecular weight is 399 g/mol. The van der Waals surface area contributed by atoms with E-state index in [0.29, 0.717) is 38.3 Å². The number of H-pyrrole nitrogens is 1. The largest absolute Gasteiger partial charge is 0.456 e. The third-order valence-corrected chi connectivity index (χ3v) is 4.44. The summed E-state index contributed by atoms with van der Waals surface area (Å²) in [4.78, 5) is 23.6. The van der Waals surface area contributed by atoms with Crippen molar-refractivity contribution in [2.45, 2.75) is 0 Å². The van der Waals surface area contributed by atoms with Crippen molar-refractivity contribution in [2.24, 2.45) is 0 Å². The number of rotatable bonds is 4. The molecular weight excluding hydrogens is 387 g/mol. The molecule has 8 heteroatoms. The number of benzene rings is 2. The maximum absolute atomic E-state index is 12.4. The number of imidazole rings is 1. The summed E-state index contributed by atoms with van der Waals surface area (Å²) in [6.45, 7) is 0. The Balaban J connectivity index is 1.48. The SMILES string of the molecule is O=C(Nc1ccc(Oc2cccnc2)cc1)c1nc2cc(Cl)c(Cl)cc2[nH]1. The van der Waals surface area contributed by atoms with Crippen LogP contribution < -0.4 is 10.1 Å². The van der Waals surface area contributed by atoms with E-state index in [2.05, 4.69) is 20.3 Å². The van der Waals surface area contributed by atoms with Gasteiger partial charge in [0.05, 0.1) is 27.3 Å². The first-order chi connectivity index (χ1) is 13.1. The summed E-state index contributed by atoms with van der Waals surface area (Å²) in [5.74, 6) is 1.06. The van der Waals surface area contributed by atoms with Gasteiger partial charge in [0.1, 0.15) is 11.5 Å². The van der Waals surface area contributed by atoms with E-state index in [-0.39, 0.29) is 11.7 Å². The summed E-state index contributed by atoms with van der Waals surface area (Å²) in [5, 5.41) is 3.55. The van der Waals surface area contributed by atoms with E-state index < -0.39 is 0 Å². The number of amides is 1. The molecule has 1 amide bonds. The minimum absolute atomic E-state index is 0.166. The van der Waals surface area contributed by atoms with Crippen LogP contribution in [0, 0.1) is 0 Å². The number of nitrogens with one attached hydrogen (secondary N) is 2. The van der Waals surface area contributed by atoms with Gasteiger partial charge in [0, 0.05) is 11.9 Å². The van der Waals surface area contributed by atoms with Gasteiger partial charge < -0.3 is 15.0 Å². The zero-order valence-corrected chi connectivity index (χ0v) is 15.3. The van der Waals surface area contributed by atoms with Crippen LogP contribution in [0.1, 0.15) is 10.6 Å². The van der Waals surface area contributed by atoms with Gasteiger partial charge in [-0.25, -0.2) is 4.98 Å². The Kier molecular flexibility index (Phi) is 4.66. The number of aromatic nitrogens is 3. The highest BCUT2D eigenvalue weighted by Crippen LogP contribution is 2.27. The number of carbonyl (C=O) groups excluding carboxylic acids is 1. The summed E-state index contributed by atoms with van der Waals surface area (Å²) in [5.41, 5.74) is 1.81. The maximum atomic E-state index is 12.4. The number of hydrogen-bond donors (Lipinski definition) is 2. The standard InChI is InChI=1S/C19H12Cl2N4O2/c20-14-8-16-17(9-15(14)21)25-18(24-16)19(26)23-11-3-5-12(6-4-11)27-13-2-1-7-22-10-13/h1-10H,(H,23,26)(H,24,25). The number of anilines is 1. The third-order valence-electron chi connectivity index (χ3n) is 3.72. The molecule has 0 radical (unpaired) electrons. The molecule has 0 atom stereocenters. The van der Waals surface area contributed by atoms with Crippen molar-refractivity contribution < 1.29 is 9.53 Å². The fourth-order valence-electron chi connectivity index (χ4n) is 2.45. The summed E-state index contributed by atoms with van der Waals surface area (Å²) in [6, 6.07) is 13.8. The van der Waals surface area contributed by atoms with Gasteiger partial charge in [-0.2, -0.15) is 0 Å². The van der Waals surface area contributed by atoms with Gasteiger partial charge in [-0.1, -0.05) is 23.2 Å². The molecule has 0 aliphatic heterocycles. The molecule has 0 saturated carbocycles. The van der Waals surface area contributed by atoms with Crippen molar-refractivity contribution in [2.75, 3.05) is 5.32 Å². The lowest BCUT2D eigenvalue weighted by atomic mass is 10.3. The molecule has 0 unspecified atom stereocenters. The highest BCUT2D eigenvalue weighted by Gasteiger charge is 2.13. The second kappa shape index (κ2) is 7.26. The lowest BCUT2D eigenvalue weighted by molar-refractivity contribution is 0.101. The molecule has 0 saturated heterocycles. The van der Waals surface area contributed by atoms with Crippen LogP contribution in [0.15, 0.2) is 60.9 Å². The van der Waals surface area contributed by atoms with Crippen LogP contribution in [0.2, 0.25) is 10.0 Å². The highest BCUT2D eigenvalue weighted by atomic mass is 35.5. The fraction of sp³-hybridized carbons (Fsp3) is 0. The van der Waals surface area contributed by atoms with E-state index in [1.54, 1.807) is 54.9 Å². The van der Waals surface area contributed by atoms with E-state index in [1.165, 1.54) is 0 Å². The van der Waals surface area contributed by atoms with Gasteiger partial charge in [-0.3, -0.25) is 9.78 Å². The van der Waals surface area contributed by atoms with E-state index in [0.717, 1.165) is 0 Å². The number of halogens is 2. The van der Waals surface area contributed by atoms with Crippen molar-refractivity contribution in [1.82, 2.24) is 15.0 Å². The molecular formula is C19H12Cl2N4O2. The van der Waals surface area contributed by atoms with Gasteiger partial charge in [-0.15, -0.1) is 0 Å². The molecule has 2 aromatic carbocycles. The van der Waals surface area contributed by atoms with Crippen LogP contribution in [0.3, 0.4) is 0 Å². The van der Waals surface area contributed by atoms with Crippen molar-refractivity contribution >= 4 is 45.8 Å². The molecule has 134 valence electrons. The Bertz CT molecular complexity index is 1070. The van der Waals surface area contributed by atoms with Crippen molar-refractivity contribution in [3.05, 3.63) is 76.8 Å². The van der Waals surface area contributed by atoms with E-state index >= 15 is 0 Å². The zero-order valence-electron chi connectivity index (χ0n) is 13.7. The summed E-state index contributed by atoms with van der Waals surface area (Å²) in [6.07, 6.45) is 3.29. The molecule has 2 N–H and O–H groups in total. The second-order valence-electron chi connectivity index (χ2n) is 5.64. The van der Waals surface area contributed by atoms with E-state index in [4.69, 9.17) is 27.9 Å². The van der Waals surface area contributed by atoms with Crippen LogP contribution in [-0.4, -0.2) is 20.9 Å². The Morgan fingerprint density at radius 2 is 1.81 bits per heavy atom. The van der Waals surface area contributed by atoms with Gasteiger partial charge in [0.2, 0.25) is 0 Å². The first-order valence-electron chi connectivity index (χ1n) is 7.92. The Morgan fingerprint density at radius 3 is 2.56 bits per heavy atom. The number of aromatic amines is 1. The molecule has 4 aromatic rings. The molecule has 0 spiro atoms. The molecule has 0 aliphatic rings. The Labute approximate surface area is 164 Å². The summed E-state index contributed by atoms with van der Waals surface area (Å²) in [7, 11) is 0. The Morgan fingerprint density at radius 1 is 1.04 bits per heavy atom. The van der Waals surface area contributed by atoms with Gasteiger partial charge >= 0.3 is 0 Å². The molecule has 2 heterocycles. The van der Waals surface area contributed by atoms with Crippen LogP contribution in [0.25, 0.3) is 11.0 Å². The molecule has 0 bridgehead atoms. The quantitative estimate of drug-likeness (QED) is 0.488. The van der Waals surface area contributed by atoms with E-state index in [9.17, 15) is 4.79 Å². The van der Waals surface area contributed by atoms with Crippen LogP contribution in [0.5, 0.6) is 11.5 Å². The molecule has 4 rings (SSSR count). The molecule has 2 aromatic heterocycles. The fourth-order valence-corrected chi connectivity index (χ4v) is 2.77. The first-order valence-corrected chi connectivity index (χ1v) is 8.68. The number of fused-ring (bicyclic) bond motifs is 1. The van der Waals surface area contributed by atoms with Gasteiger partial charge in [-0.05, 0) is 48.5 Å². The number of hydrogen-bond acceptors (Lipinski definition) is 4. The first kappa shape index (κ1) is 17.3. The third kappa shape index (κ3) is 3.86. The van der Waals surface area contributed by atoms with Crippen molar-refractivity contribution in [3.63, 3.8) is 0 Å². The average Bonchev–Trinajstić information content (AvgIpc) is 3.07. The number of carbonyl (C=O) groups is 1. The molecule has 0 aliphatic carbocycles. The molecule has 27 heavy (non-hydrogen) atoms. The lowest BCUT2D eigenvalue weighted by Gasteiger charge is -2.07. The van der Waals surface area contributed by atoms with Crippen molar-refractivity contribution in [1.29, 1.82) is 0 Å². The van der Waals surface area contributed by atoms with Gasteiger partial charge in [0.25, 0.3) is 5.91 Å². The minimum atomic E-state index is -0.376. The zero-order chi connectivity index (χ0) is 18.8. The van der Waals surface area contributed by atoms with Crippen LogP contribution >= 0.6 is 23.2 Å². The van der Waals surface area contributed by atoms with E-state index in [1.807, 2.05) is 6.07 Å². The lowest BCUT2D eigenvalue weighted by Crippen LogP contribution is -2.13. The van der Waals surface area contributed by atoms with Crippen LogP contribution in [-0.2, 0) is 0 Å². The molecule has 6 nitrogen and oxygen atoms in total.